The Bertz CT molecular complexity index is 343. The van der Waals surface area contributed by atoms with E-state index in [-0.39, 0.29) is 5.91 Å². The molecule has 0 aromatic rings. The maximum absolute atomic E-state index is 12.2. The van der Waals surface area contributed by atoms with Crippen LogP contribution in [0.4, 0.5) is 0 Å². The second kappa shape index (κ2) is 7.59. The smallest absolute Gasteiger partial charge is 0.239 e. The topological polar surface area (TPSA) is 58.4 Å². The molecule has 4 nitrogen and oxygen atoms in total. The average molecular weight is 295 g/mol. The third-order valence-corrected chi connectivity index (χ3v) is 5.32. The molecule has 1 aliphatic heterocycles. The van der Waals surface area contributed by atoms with Crippen molar-refractivity contribution in [3.8, 4) is 0 Å². The number of primary amides is 1. The summed E-state index contributed by atoms with van der Waals surface area (Å²) in [6, 6.07) is 0. The number of likely N-dealkylation sites (N-methyl/N-ethyl adjacent to an activating group) is 1. The van der Waals surface area contributed by atoms with Gasteiger partial charge in [0.2, 0.25) is 5.91 Å². The summed E-state index contributed by atoms with van der Waals surface area (Å²) in [7, 11) is 0. The van der Waals surface area contributed by atoms with Gasteiger partial charge in [-0.25, -0.2) is 0 Å². The predicted molar refractivity (Wildman–Crippen MR) is 87.0 cm³/mol. The Balaban J connectivity index is 1.98. The van der Waals surface area contributed by atoms with E-state index in [0.717, 1.165) is 44.9 Å². The Labute approximate surface area is 129 Å². The monoisotopic (exact) mass is 295 g/mol. The van der Waals surface area contributed by atoms with Crippen LogP contribution >= 0.6 is 0 Å². The van der Waals surface area contributed by atoms with Gasteiger partial charge in [0.15, 0.2) is 0 Å². The number of rotatable bonds is 8. The van der Waals surface area contributed by atoms with Crippen LogP contribution < -0.4 is 11.1 Å². The molecule has 0 aromatic carbocycles. The highest BCUT2D eigenvalue weighted by atomic mass is 16.1. The van der Waals surface area contributed by atoms with Crippen molar-refractivity contribution >= 4 is 5.91 Å². The molecule has 1 aliphatic carbocycles. The quantitative estimate of drug-likeness (QED) is 0.721. The van der Waals surface area contributed by atoms with Crippen LogP contribution in [-0.2, 0) is 4.79 Å². The number of amides is 1. The molecule has 2 rings (SSSR count). The van der Waals surface area contributed by atoms with E-state index in [4.69, 9.17) is 5.73 Å². The average Bonchev–Trinajstić information content (AvgIpc) is 3.27. The van der Waals surface area contributed by atoms with E-state index >= 15 is 0 Å². The van der Waals surface area contributed by atoms with Gasteiger partial charge in [-0.05, 0) is 63.6 Å². The minimum atomic E-state index is -0.487. The molecule has 2 unspecified atom stereocenters. The molecule has 3 N–H and O–H groups in total. The molecule has 122 valence electrons. The number of hydrogen-bond acceptors (Lipinski definition) is 3. The van der Waals surface area contributed by atoms with E-state index < -0.39 is 5.54 Å². The first-order valence-corrected chi connectivity index (χ1v) is 8.89. The van der Waals surface area contributed by atoms with Gasteiger partial charge in [-0.3, -0.25) is 4.79 Å². The lowest BCUT2D eigenvalue weighted by Crippen LogP contribution is -2.63. The Hall–Kier alpha value is -0.610. The van der Waals surface area contributed by atoms with E-state index in [1.54, 1.807) is 0 Å². The third kappa shape index (κ3) is 4.19. The van der Waals surface area contributed by atoms with Gasteiger partial charge in [0.1, 0.15) is 5.54 Å². The summed E-state index contributed by atoms with van der Waals surface area (Å²) in [4.78, 5) is 14.6. The van der Waals surface area contributed by atoms with Crippen LogP contribution in [0.5, 0.6) is 0 Å². The highest BCUT2D eigenvalue weighted by Crippen LogP contribution is 2.40. The molecule has 2 fully saturated rings. The molecule has 21 heavy (non-hydrogen) atoms. The van der Waals surface area contributed by atoms with Gasteiger partial charge < -0.3 is 16.0 Å². The maximum atomic E-state index is 12.2. The van der Waals surface area contributed by atoms with Gasteiger partial charge in [0, 0.05) is 6.54 Å². The predicted octanol–water partition coefficient (Wildman–Crippen LogP) is 2.13. The summed E-state index contributed by atoms with van der Waals surface area (Å²) in [5, 5.41) is 3.45. The second-order valence-electron chi connectivity index (χ2n) is 7.00. The van der Waals surface area contributed by atoms with Gasteiger partial charge in [-0.2, -0.15) is 0 Å². The molecule has 0 bridgehead atoms. The fourth-order valence-corrected chi connectivity index (χ4v) is 4.02. The van der Waals surface area contributed by atoms with Crippen molar-refractivity contribution in [1.82, 2.24) is 10.2 Å². The molecule has 4 heteroatoms. The van der Waals surface area contributed by atoms with E-state index in [0.29, 0.717) is 5.92 Å². The van der Waals surface area contributed by atoms with Gasteiger partial charge in [0.05, 0.1) is 0 Å². The minimum Gasteiger partial charge on any atom is -0.368 e. The standard InChI is InChI=1S/C17H33N3O/c1-3-6-14-7-5-11-20(12-10-14)13-17(16(18)21,19-4-2)15-8-9-15/h14-15,19H,3-13H2,1-2H3,(H2,18,21). The van der Waals surface area contributed by atoms with Crippen LogP contribution in [0.1, 0.15) is 58.8 Å². The summed E-state index contributed by atoms with van der Waals surface area (Å²) in [5.41, 5.74) is 5.32. The number of nitrogens with two attached hydrogens (primary N) is 1. The summed E-state index contributed by atoms with van der Waals surface area (Å²) >= 11 is 0. The summed E-state index contributed by atoms with van der Waals surface area (Å²) in [5.74, 6) is 1.17. The van der Waals surface area contributed by atoms with Crippen LogP contribution in [0.15, 0.2) is 0 Å². The van der Waals surface area contributed by atoms with Crippen molar-refractivity contribution in [3.05, 3.63) is 0 Å². The van der Waals surface area contributed by atoms with Crippen LogP contribution in [-0.4, -0.2) is 42.5 Å². The van der Waals surface area contributed by atoms with Crippen molar-refractivity contribution in [2.75, 3.05) is 26.2 Å². The van der Waals surface area contributed by atoms with Gasteiger partial charge in [-0.15, -0.1) is 0 Å². The lowest BCUT2D eigenvalue weighted by Gasteiger charge is -2.36. The fourth-order valence-electron chi connectivity index (χ4n) is 4.02. The number of nitrogens with zero attached hydrogens (tertiary/aromatic N) is 1. The van der Waals surface area contributed by atoms with Crippen LogP contribution in [0, 0.1) is 11.8 Å². The summed E-state index contributed by atoms with van der Waals surface area (Å²) in [6.07, 6.45) is 8.80. The molecule has 1 saturated carbocycles. The van der Waals surface area contributed by atoms with E-state index in [2.05, 4.69) is 24.1 Å². The van der Waals surface area contributed by atoms with E-state index in [1.807, 2.05) is 0 Å². The summed E-state index contributed by atoms with van der Waals surface area (Å²) < 4.78 is 0. The zero-order valence-corrected chi connectivity index (χ0v) is 13.9. The zero-order chi connectivity index (χ0) is 15.3. The Kier molecular flexibility index (Phi) is 6.06. The molecule has 1 heterocycles. The van der Waals surface area contributed by atoms with E-state index in [1.165, 1.54) is 32.1 Å². The number of likely N-dealkylation sites (tertiary alicyclic amines) is 1. The summed E-state index contributed by atoms with van der Waals surface area (Å²) in [6.45, 7) is 8.20. The first-order valence-electron chi connectivity index (χ1n) is 8.89. The Morgan fingerprint density at radius 2 is 2.00 bits per heavy atom. The lowest BCUT2D eigenvalue weighted by molar-refractivity contribution is -0.126. The van der Waals surface area contributed by atoms with Crippen molar-refractivity contribution in [1.29, 1.82) is 0 Å². The van der Waals surface area contributed by atoms with Crippen molar-refractivity contribution in [2.24, 2.45) is 17.6 Å². The normalized spacial score (nSPS) is 27.0. The highest BCUT2D eigenvalue weighted by molar-refractivity contribution is 5.86. The number of hydrogen-bond donors (Lipinski definition) is 2. The van der Waals surface area contributed by atoms with Gasteiger partial charge in [-0.1, -0.05) is 26.7 Å². The largest absolute Gasteiger partial charge is 0.368 e. The van der Waals surface area contributed by atoms with Crippen molar-refractivity contribution < 1.29 is 4.79 Å². The lowest BCUT2D eigenvalue weighted by atomic mass is 9.91. The minimum absolute atomic E-state index is 0.152. The van der Waals surface area contributed by atoms with E-state index in [9.17, 15) is 4.79 Å². The number of carbonyl (C=O) groups excluding carboxylic acids is 1. The van der Waals surface area contributed by atoms with Crippen LogP contribution in [0.2, 0.25) is 0 Å². The first kappa shape index (κ1) is 16.8. The molecular formula is C17H33N3O. The maximum Gasteiger partial charge on any atom is 0.239 e. The zero-order valence-electron chi connectivity index (χ0n) is 13.9. The molecule has 0 radical (unpaired) electrons. The Morgan fingerprint density at radius 1 is 1.24 bits per heavy atom. The molecule has 2 atom stereocenters. The van der Waals surface area contributed by atoms with Gasteiger partial charge in [0.25, 0.3) is 0 Å². The molecule has 1 saturated heterocycles. The van der Waals surface area contributed by atoms with Crippen LogP contribution in [0.25, 0.3) is 0 Å². The molecule has 1 amide bonds. The molecule has 0 spiro atoms. The Morgan fingerprint density at radius 3 is 2.57 bits per heavy atom. The number of carbonyl (C=O) groups is 1. The molecule has 0 aromatic heterocycles. The van der Waals surface area contributed by atoms with Gasteiger partial charge >= 0.3 is 0 Å². The van der Waals surface area contributed by atoms with Crippen molar-refractivity contribution in [2.45, 2.75) is 64.3 Å². The highest BCUT2D eigenvalue weighted by Gasteiger charge is 2.50. The fraction of sp³-hybridized carbons (Fsp3) is 0.941. The molecule has 2 aliphatic rings. The SMILES string of the molecule is CCCC1CCCN(CC(NCC)(C(N)=O)C2CC2)CC1. The van der Waals surface area contributed by atoms with Crippen LogP contribution in [0.3, 0.4) is 0 Å². The first-order chi connectivity index (χ1) is 10.1. The molecular weight excluding hydrogens is 262 g/mol. The second-order valence-corrected chi connectivity index (χ2v) is 7.00. The third-order valence-electron chi connectivity index (χ3n) is 5.32. The van der Waals surface area contributed by atoms with Crippen molar-refractivity contribution in [3.63, 3.8) is 0 Å². The number of nitrogens with one attached hydrogen (secondary N) is 1.